The maximum atomic E-state index is 13.8. The van der Waals surface area contributed by atoms with Gasteiger partial charge in [-0.05, 0) is 50.2 Å². The van der Waals surface area contributed by atoms with Crippen LogP contribution in [-0.4, -0.2) is 28.4 Å². The van der Waals surface area contributed by atoms with Crippen LogP contribution in [0, 0.1) is 25.2 Å². The second kappa shape index (κ2) is 12.0. The molecule has 0 aliphatic heterocycles. The molecule has 0 bridgehead atoms. The lowest BCUT2D eigenvalue weighted by Crippen LogP contribution is -2.26. The van der Waals surface area contributed by atoms with E-state index in [0.717, 1.165) is 11.1 Å². The highest BCUT2D eigenvalue weighted by molar-refractivity contribution is 7.93. The summed E-state index contributed by atoms with van der Waals surface area (Å²) in [6, 6.07) is 22.9. The van der Waals surface area contributed by atoms with Gasteiger partial charge in [-0.3, -0.25) is 19.0 Å². The van der Waals surface area contributed by atoms with Gasteiger partial charge in [0.2, 0.25) is 0 Å². The van der Waals surface area contributed by atoms with Crippen LogP contribution >= 0.6 is 0 Å². The van der Waals surface area contributed by atoms with Crippen molar-refractivity contribution in [3.63, 3.8) is 0 Å². The van der Waals surface area contributed by atoms with Gasteiger partial charge in [0.1, 0.15) is 0 Å². The van der Waals surface area contributed by atoms with Crippen LogP contribution < -0.4 is 9.44 Å². The normalized spacial score (nSPS) is 12.2. The second-order valence-electron chi connectivity index (χ2n) is 9.46. The number of nitrogens with zero attached hydrogens (tertiary/aromatic N) is 1. The van der Waals surface area contributed by atoms with E-state index in [1.165, 1.54) is 60.7 Å². The molecule has 0 atom stereocenters. The molecule has 0 amide bonds. The Morgan fingerprint density at radius 1 is 0.619 bits per heavy atom. The summed E-state index contributed by atoms with van der Waals surface area (Å²) in [6.07, 6.45) is 0.625. The molecular weight excluding hydrogens is 574 g/mol. The quantitative estimate of drug-likeness (QED) is 0.257. The molecule has 0 radical (unpaired) electrons. The molecule has 2 N–H and O–H groups in total. The minimum Gasteiger partial charge on any atom is -0.289 e. The molecule has 11 heteroatoms. The van der Waals surface area contributed by atoms with E-state index in [1.807, 2.05) is 26.8 Å². The van der Waals surface area contributed by atoms with Crippen LogP contribution in [0.5, 0.6) is 0 Å². The van der Waals surface area contributed by atoms with Gasteiger partial charge in [-0.25, -0.2) is 16.8 Å². The summed E-state index contributed by atoms with van der Waals surface area (Å²) in [4.78, 5) is 27.2. The third-order valence-corrected chi connectivity index (χ3v) is 9.14. The van der Waals surface area contributed by atoms with Crippen molar-refractivity contribution in [3.8, 4) is 6.07 Å². The standard InChI is InChI=1S/C28H22N2O6S2.C3H5N/c1-17-9-13-19(14-10-17)37(33,34)29-23-7-3-5-21-25(23)28(32)26-22(27(21)31)6-4-8-24(26)30-38(35,36)20-15-11-18(2)12-16-20;1-2-3-4/h3-16,29-30H,1-2H3;2H2,1H3. The molecule has 1 aliphatic rings. The molecule has 0 heterocycles. The summed E-state index contributed by atoms with van der Waals surface area (Å²) in [6.45, 7) is 5.47. The van der Waals surface area contributed by atoms with Gasteiger partial charge in [0.25, 0.3) is 20.0 Å². The van der Waals surface area contributed by atoms with Crippen LogP contribution in [0.3, 0.4) is 0 Å². The summed E-state index contributed by atoms with van der Waals surface area (Å²) < 4.78 is 57.1. The number of aryl methyl sites for hydroxylation is 2. The monoisotopic (exact) mass is 601 g/mol. The average Bonchev–Trinajstić information content (AvgIpc) is 2.96. The summed E-state index contributed by atoms with van der Waals surface area (Å²) in [7, 11) is -8.17. The summed E-state index contributed by atoms with van der Waals surface area (Å²) in [5.41, 5.74) is 1.32. The van der Waals surface area contributed by atoms with Crippen LogP contribution in [0.15, 0.2) is 94.7 Å². The summed E-state index contributed by atoms with van der Waals surface area (Å²) >= 11 is 0. The molecule has 4 aromatic carbocycles. The number of benzene rings is 4. The zero-order chi connectivity index (χ0) is 30.7. The van der Waals surface area contributed by atoms with Crippen molar-refractivity contribution < 1.29 is 26.4 Å². The zero-order valence-corrected chi connectivity index (χ0v) is 24.6. The van der Waals surface area contributed by atoms with Gasteiger partial charge in [-0.1, -0.05) is 66.6 Å². The zero-order valence-electron chi connectivity index (χ0n) is 23.0. The van der Waals surface area contributed by atoms with Crippen molar-refractivity contribution >= 4 is 43.0 Å². The minimum atomic E-state index is -4.09. The molecule has 0 saturated heterocycles. The molecule has 0 spiro atoms. The van der Waals surface area contributed by atoms with Crippen LogP contribution in [0.4, 0.5) is 11.4 Å². The van der Waals surface area contributed by atoms with Crippen molar-refractivity contribution in [2.24, 2.45) is 0 Å². The Hall–Kier alpha value is -4.79. The van der Waals surface area contributed by atoms with Crippen molar-refractivity contribution in [1.29, 1.82) is 5.26 Å². The SMILES string of the molecule is CCC#N.Cc1ccc(S(=O)(=O)Nc2cccc3c2C(=O)c2c(NS(=O)(=O)c4ccc(C)cc4)cccc2C3=O)cc1. The molecular formula is C31H27N3O6S2. The van der Waals surface area contributed by atoms with Crippen molar-refractivity contribution in [2.75, 3.05) is 9.44 Å². The molecule has 42 heavy (non-hydrogen) atoms. The smallest absolute Gasteiger partial charge is 0.261 e. The van der Waals surface area contributed by atoms with E-state index in [2.05, 4.69) is 9.44 Å². The predicted molar refractivity (Wildman–Crippen MR) is 160 cm³/mol. The number of carbonyl (C=O) groups is 2. The highest BCUT2D eigenvalue weighted by Gasteiger charge is 2.35. The van der Waals surface area contributed by atoms with Gasteiger partial charge in [-0.2, -0.15) is 5.26 Å². The van der Waals surface area contributed by atoms with E-state index in [4.69, 9.17) is 5.26 Å². The number of sulfonamides is 2. The third kappa shape index (κ3) is 6.10. The van der Waals surface area contributed by atoms with Gasteiger partial charge < -0.3 is 0 Å². The van der Waals surface area contributed by atoms with Crippen LogP contribution in [0.2, 0.25) is 0 Å². The summed E-state index contributed by atoms with van der Waals surface area (Å²) in [5.74, 6) is -1.21. The lowest BCUT2D eigenvalue weighted by molar-refractivity contribution is 0.0980. The van der Waals surface area contributed by atoms with E-state index < -0.39 is 31.6 Å². The Morgan fingerprint density at radius 2 is 0.976 bits per heavy atom. The lowest BCUT2D eigenvalue weighted by Gasteiger charge is -2.23. The van der Waals surface area contributed by atoms with Crippen LogP contribution in [0.25, 0.3) is 0 Å². The number of nitriles is 1. The Bertz CT molecular complexity index is 1810. The molecule has 214 valence electrons. The number of carbonyl (C=O) groups excluding carboxylic acids is 2. The fraction of sp³-hybridized carbons (Fsp3) is 0.129. The van der Waals surface area contributed by atoms with Gasteiger partial charge in [0.05, 0.1) is 38.4 Å². The molecule has 0 unspecified atom stereocenters. The van der Waals surface area contributed by atoms with Crippen molar-refractivity contribution in [3.05, 3.63) is 118 Å². The van der Waals surface area contributed by atoms with E-state index in [0.29, 0.717) is 6.42 Å². The number of anilines is 2. The second-order valence-corrected chi connectivity index (χ2v) is 12.8. The van der Waals surface area contributed by atoms with Crippen molar-refractivity contribution in [1.82, 2.24) is 0 Å². The largest absolute Gasteiger partial charge is 0.289 e. The maximum absolute atomic E-state index is 13.8. The number of fused-ring (bicyclic) bond motifs is 2. The average molecular weight is 602 g/mol. The third-order valence-electron chi connectivity index (χ3n) is 6.38. The molecule has 1 aliphatic carbocycles. The molecule has 5 rings (SSSR count). The highest BCUT2D eigenvalue weighted by Crippen LogP contribution is 2.37. The van der Waals surface area contributed by atoms with Gasteiger partial charge in [-0.15, -0.1) is 0 Å². The fourth-order valence-electron chi connectivity index (χ4n) is 4.25. The van der Waals surface area contributed by atoms with E-state index in [9.17, 15) is 26.4 Å². The first kappa shape index (κ1) is 30.2. The number of hydrogen-bond acceptors (Lipinski definition) is 7. The Labute approximate surface area is 244 Å². The van der Waals surface area contributed by atoms with Crippen LogP contribution in [-0.2, 0) is 20.0 Å². The molecule has 4 aromatic rings. The number of hydrogen-bond donors (Lipinski definition) is 2. The predicted octanol–water partition coefficient (Wildman–Crippen LogP) is 5.60. The van der Waals surface area contributed by atoms with Crippen LogP contribution in [0.1, 0.15) is 56.3 Å². The number of rotatable bonds is 6. The lowest BCUT2D eigenvalue weighted by atomic mass is 9.82. The summed E-state index contributed by atoms with van der Waals surface area (Å²) in [5, 5.41) is 7.62. The van der Waals surface area contributed by atoms with Gasteiger partial charge >= 0.3 is 0 Å². The Balaban J connectivity index is 0.000000952. The molecule has 9 nitrogen and oxygen atoms in total. The van der Waals surface area contributed by atoms with E-state index in [1.54, 1.807) is 24.3 Å². The maximum Gasteiger partial charge on any atom is 0.261 e. The topological polar surface area (TPSA) is 150 Å². The van der Waals surface area contributed by atoms with Crippen molar-refractivity contribution in [2.45, 2.75) is 37.0 Å². The molecule has 0 fully saturated rings. The number of nitrogens with one attached hydrogen (secondary N) is 2. The van der Waals surface area contributed by atoms with Gasteiger partial charge in [0, 0.05) is 17.5 Å². The molecule has 0 aromatic heterocycles. The number of ketones is 2. The fourth-order valence-corrected chi connectivity index (χ4v) is 6.40. The first-order valence-corrected chi connectivity index (χ1v) is 15.8. The van der Waals surface area contributed by atoms with Gasteiger partial charge in [0.15, 0.2) is 11.6 Å². The first-order chi connectivity index (χ1) is 19.9. The minimum absolute atomic E-state index is 0.0118. The Morgan fingerprint density at radius 3 is 1.31 bits per heavy atom. The first-order valence-electron chi connectivity index (χ1n) is 12.8. The Kier molecular flexibility index (Phi) is 8.61. The molecule has 0 saturated carbocycles. The van der Waals surface area contributed by atoms with E-state index in [-0.39, 0.29) is 43.4 Å². The highest BCUT2D eigenvalue weighted by atomic mass is 32.2. The van der Waals surface area contributed by atoms with E-state index >= 15 is 0 Å².